The number of para-hydroxylation sites is 1. The molecular formula is C26H21F3N2OS. The minimum atomic E-state index is -4.35. The van der Waals surface area contributed by atoms with Gasteiger partial charge in [-0.05, 0) is 60.5 Å². The highest BCUT2D eigenvalue weighted by Gasteiger charge is 2.34. The summed E-state index contributed by atoms with van der Waals surface area (Å²) in [5.74, 6) is -0.168. The van der Waals surface area contributed by atoms with E-state index in [9.17, 15) is 18.0 Å². The molecule has 4 aromatic rings. The van der Waals surface area contributed by atoms with Crippen LogP contribution in [0, 0.1) is 0 Å². The van der Waals surface area contributed by atoms with Crippen LogP contribution in [0.3, 0.4) is 0 Å². The summed E-state index contributed by atoms with van der Waals surface area (Å²) in [4.78, 5) is 18.8. The molecule has 1 aliphatic rings. The lowest BCUT2D eigenvalue weighted by Crippen LogP contribution is -2.31. The lowest BCUT2D eigenvalue weighted by molar-refractivity contribution is -0.0328. The van der Waals surface area contributed by atoms with Gasteiger partial charge in [0.1, 0.15) is 0 Å². The number of nitrogens with zero attached hydrogens (tertiary/aromatic N) is 1. The van der Waals surface area contributed by atoms with Crippen LogP contribution in [0.5, 0.6) is 0 Å². The predicted molar refractivity (Wildman–Crippen MR) is 125 cm³/mol. The zero-order valence-corrected chi connectivity index (χ0v) is 18.4. The quantitative estimate of drug-likeness (QED) is 0.318. The summed E-state index contributed by atoms with van der Waals surface area (Å²) in [6, 6.07) is 23.7. The third-order valence-corrected chi connectivity index (χ3v) is 6.72. The lowest BCUT2D eigenvalue weighted by atomic mass is 9.97. The summed E-state index contributed by atoms with van der Waals surface area (Å²) in [6.45, 7) is 0.603. The Hall–Kier alpha value is -3.19. The van der Waals surface area contributed by atoms with Crippen molar-refractivity contribution in [1.29, 1.82) is 0 Å². The normalized spacial score (nSPS) is 16.5. The molecule has 2 heterocycles. The summed E-state index contributed by atoms with van der Waals surface area (Å²) in [6.07, 6.45) is 1.68. The largest absolute Gasteiger partial charge is 0.446 e. The van der Waals surface area contributed by atoms with E-state index in [0.29, 0.717) is 12.1 Å². The van der Waals surface area contributed by atoms with Crippen LogP contribution in [0.4, 0.5) is 13.2 Å². The van der Waals surface area contributed by atoms with Crippen molar-refractivity contribution in [3.63, 3.8) is 0 Å². The van der Waals surface area contributed by atoms with Crippen molar-refractivity contribution in [3.8, 4) is 11.1 Å². The molecule has 0 saturated carbocycles. The van der Waals surface area contributed by atoms with E-state index in [1.807, 2.05) is 41.3 Å². The molecule has 1 fully saturated rings. The molecule has 1 aromatic heterocycles. The van der Waals surface area contributed by atoms with Crippen molar-refractivity contribution in [2.75, 3.05) is 6.54 Å². The number of nitrogens with one attached hydrogen (secondary N) is 1. The number of benzene rings is 3. The Morgan fingerprint density at radius 2 is 1.64 bits per heavy atom. The molecular weight excluding hydrogens is 445 g/mol. The van der Waals surface area contributed by atoms with Gasteiger partial charge in [0, 0.05) is 39.2 Å². The molecule has 1 aliphatic heterocycles. The van der Waals surface area contributed by atoms with E-state index in [0.717, 1.165) is 40.6 Å². The summed E-state index contributed by atoms with van der Waals surface area (Å²) in [7, 11) is 0. The molecule has 168 valence electrons. The molecule has 0 bridgehead atoms. The molecule has 0 spiro atoms. The summed E-state index contributed by atoms with van der Waals surface area (Å²) < 4.78 is 37.9. The van der Waals surface area contributed by atoms with Crippen molar-refractivity contribution >= 4 is 28.6 Å². The van der Waals surface area contributed by atoms with Crippen LogP contribution in [-0.4, -0.2) is 27.8 Å². The van der Waals surface area contributed by atoms with Gasteiger partial charge in [0.15, 0.2) is 0 Å². The van der Waals surface area contributed by atoms with E-state index < -0.39 is 5.51 Å². The monoisotopic (exact) mass is 466 g/mol. The van der Waals surface area contributed by atoms with E-state index in [-0.39, 0.29) is 28.6 Å². The SMILES string of the molecule is O=C(c1ccc(SC(F)(F)F)cc1)N1CCCC1c1[nH]c2ccccc2c1-c1ccccc1. The van der Waals surface area contributed by atoms with Gasteiger partial charge in [-0.2, -0.15) is 13.2 Å². The van der Waals surface area contributed by atoms with E-state index >= 15 is 0 Å². The third-order valence-electron chi connectivity index (χ3n) is 5.98. The van der Waals surface area contributed by atoms with Gasteiger partial charge in [0.05, 0.1) is 6.04 Å². The van der Waals surface area contributed by atoms with Gasteiger partial charge in [-0.15, -0.1) is 0 Å². The summed E-state index contributed by atoms with van der Waals surface area (Å²) in [5.41, 5.74) is 0.225. The molecule has 1 unspecified atom stereocenters. The van der Waals surface area contributed by atoms with Gasteiger partial charge in [-0.1, -0.05) is 48.5 Å². The topological polar surface area (TPSA) is 36.1 Å². The number of halogens is 3. The molecule has 1 N–H and O–H groups in total. The number of rotatable bonds is 4. The first-order valence-electron chi connectivity index (χ1n) is 10.7. The number of hydrogen-bond donors (Lipinski definition) is 1. The number of carbonyl (C=O) groups excluding carboxylic acids is 1. The van der Waals surface area contributed by atoms with Gasteiger partial charge in [-0.3, -0.25) is 4.79 Å². The van der Waals surface area contributed by atoms with Gasteiger partial charge in [0.25, 0.3) is 5.91 Å². The molecule has 33 heavy (non-hydrogen) atoms. The van der Waals surface area contributed by atoms with Gasteiger partial charge in [0.2, 0.25) is 0 Å². The van der Waals surface area contributed by atoms with Gasteiger partial charge in [-0.25, -0.2) is 0 Å². The Morgan fingerprint density at radius 1 is 0.939 bits per heavy atom. The van der Waals surface area contributed by atoms with Crippen LogP contribution >= 0.6 is 11.8 Å². The Bertz CT molecular complexity index is 1280. The van der Waals surface area contributed by atoms with E-state index in [4.69, 9.17) is 0 Å². The Labute approximate surface area is 193 Å². The third kappa shape index (κ3) is 4.37. The van der Waals surface area contributed by atoms with Crippen molar-refractivity contribution in [2.45, 2.75) is 29.3 Å². The molecule has 5 rings (SSSR count). The second-order valence-electron chi connectivity index (χ2n) is 8.05. The first-order chi connectivity index (χ1) is 15.9. The number of carbonyl (C=O) groups is 1. The van der Waals surface area contributed by atoms with Crippen LogP contribution in [0.25, 0.3) is 22.0 Å². The number of aromatic amines is 1. The fourth-order valence-corrected chi connectivity index (χ4v) is 5.14. The van der Waals surface area contributed by atoms with Crippen LogP contribution in [0.1, 0.15) is 34.9 Å². The van der Waals surface area contributed by atoms with Crippen LogP contribution in [0.2, 0.25) is 0 Å². The molecule has 1 atom stereocenters. The molecule has 1 saturated heterocycles. The number of thioether (sulfide) groups is 1. The Morgan fingerprint density at radius 3 is 2.36 bits per heavy atom. The smallest absolute Gasteiger partial charge is 0.356 e. The van der Waals surface area contributed by atoms with Crippen molar-refractivity contribution < 1.29 is 18.0 Å². The first-order valence-corrected chi connectivity index (χ1v) is 11.6. The molecule has 0 aliphatic carbocycles. The maximum absolute atomic E-state index is 13.4. The van der Waals surface area contributed by atoms with Crippen molar-refractivity contribution in [3.05, 3.63) is 90.1 Å². The molecule has 3 aromatic carbocycles. The second-order valence-corrected chi connectivity index (χ2v) is 9.19. The predicted octanol–water partition coefficient (Wildman–Crippen LogP) is 7.42. The minimum Gasteiger partial charge on any atom is -0.356 e. The minimum absolute atomic E-state index is 0.0685. The number of amides is 1. The van der Waals surface area contributed by atoms with Crippen LogP contribution in [-0.2, 0) is 0 Å². The maximum atomic E-state index is 13.4. The van der Waals surface area contributed by atoms with Crippen molar-refractivity contribution in [2.24, 2.45) is 0 Å². The van der Waals surface area contributed by atoms with E-state index in [2.05, 4.69) is 23.2 Å². The highest BCUT2D eigenvalue weighted by atomic mass is 32.2. The average molecular weight is 467 g/mol. The number of H-pyrrole nitrogens is 1. The number of hydrogen-bond acceptors (Lipinski definition) is 2. The highest BCUT2D eigenvalue weighted by Crippen LogP contribution is 2.42. The van der Waals surface area contributed by atoms with E-state index in [1.54, 1.807) is 0 Å². The first kappa shape index (κ1) is 21.6. The van der Waals surface area contributed by atoms with E-state index in [1.165, 1.54) is 24.3 Å². The molecule has 7 heteroatoms. The highest BCUT2D eigenvalue weighted by molar-refractivity contribution is 8.00. The van der Waals surface area contributed by atoms with Gasteiger partial charge >= 0.3 is 5.51 Å². The van der Waals surface area contributed by atoms with Crippen LogP contribution in [0.15, 0.2) is 83.8 Å². The molecule has 3 nitrogen and oxygen atoms in total. The second kappa shape index (κ2) is 8.63. The molecule has 0 radical (unpaired) electrons. The Kier molecular flexibility index (Phi) is 5.66. The lowest BCUT2D eigenvalue weighted by Gasteiger charge is -2.25. The Balaban J connectivity index is 1.50. The number of fused-ring (bicyclic) bond motifs is 1. The fourth-order valence-electron chi connectivity index (χ4n) is 4.60. The number of alkyl halides is 3. The zero-order valence-electron chi connectivity index (χ0n) is 17.6. The number of aromatic nitrogens is 1. The summed E-state index contributed by atoms with van der Waals surface area (Å²) in [5, 5.41) is 1.10. The zero-order chi connectivity index (χ0) is 23.0. The standard InChI is InChI=1S/C26H21F3N2OS/c27-26(28,29)33-19-14-12-18(13-15-19)25(32)31-16-6-11-22(31)24-23(17-7-2-1-3-8-17)20-9-4-5-10-21(20)30-24/h1-5,7-10,12-15,22,30H,6,11,16H2. The van der Waals surface area contributed by atoms with Gasteiger partial charge < -0.3 is 9.88 Å². The van der Waals surface area contributed by atoms with Crippen LogP contribution < -0.4 is 0 Å². The average Bonchev–Trinajstić information content (AvgIpc) is 3.43. The number of likely N-dealkylation sites (tertiary alicyclic amines) is 1. The molecule has 1 amide bonds. The maximum Gasteiger partial charge on any atom is 0.446 e. The summed E-state index contributed by atoms with van der Waals surface area (Å²) >= 11 is -0.177. The van der Waals surface area contributed by atoms with Crippen molar-refractivity contribution in [1.82, 2.24) is 9.88 Å². The fraction of sp³-hybridized carbons (Fsp3) is 0.192.